The zero-order valence-electron chi connectivity index (χ0n) is 10.5. The largest absolute Gasteiger partial charge is 0.388 e. The number of hydrogen-bond donors (Lipinski definition) is 1. The molecule has 0 saturated heterocycles. The molecule has 18 heavy (non-hydrogen) atoms. The third kappa shape index (κ3) is 2.16. The van der Waals surface area contributed by atoms with E-state index >= 15 is 0 Å². The average Bonchev–Trinajstić information content (AvgIpc) is 3.19. The molecule has 2 heteroatoms. The van der Waals surface area contributed by atoms with E-state index in [4.69, 9.17) is 0 Å². The van der Waals surface area contributed by atoms with E-state index in [-0.39, 0.29) is 6.10 Å². The quantitative estimate of drug-likeness (QED) is 0.892. The van der Waals surface area contributed by atoms with Gasteiger partial charge in [-0.2, -0.15) is 0 Å². The monoisotopic (exact) mass is 239 g/mol. The summed E-state index contributed by atoms with van der Waals surface area (Å²) in [7, 11) is 0. The maximum absolute atomic E-state index is 10.4. The fraction of sp³-hybridized carbons (Fsp3) is 0.312. The molecule has 1 fully saturated rings. The normalized spacial score (nSPS) is 23.7. The summed E-state index contributed by atoms with van der Waals surface area (Å²) in [6, 6.07) is 14.3. The first kappa shape index (κ1) is 11.4. The topological polar surface area (TPSA) is 33.1 Å². The van der Waals surface area contributed by atoms with Crippen LogP contribution in [0.3, 0.4) is 0 Å². The first-order valence-electron chi connectivity index (χ1n) is 6.41. The summed E-state index contributed by atoms with van der Waals surface area (Å²) < 4.78 is 0. The van der Waals surface area contributed by atoms with Crippen LogP contribution in [0, 0.1) is 12.8 Å². The lowest BCUT2D eigenvalue weighted by Crippen LogP contribution is -2.02. The van der Waals surface area contributed by atoms with E-state index in [2.05, 4.69) is 29.2 Å². The van der Waals surface area contributed by atoms with Gasteiger partial charge in [0.25, 0.3) is 0 Å². The molecular formula is C16H17NO. The van der Waals surface area contributed by atoms with Crippen LogP contribution in [0.15, 0.2) is 48.7 Å². The Balaban J connectivity index is 1.75. The van der Waals surface area contributed by atoms with Gasteiger partial charge in [-0.1, -0.05) is 30.3 Å². The van der Waals surface area contributed by atoms with E-state index in [1.165, 1.54) is 5.56 Å². The molecule has 0 amide bonds. The summed E-state index contributed by atoms with van der Waals surface area (Å²) in [4.78, 5) is 4.17. The standard InChI is InChI=1S/C16H17NO/c1-11-9-13(7-8-17-11)16(18)15-10-14(15)12-5-3-2-4-6-12/h2-9,14-16,18H,10H2,1H3. The van der Waals surface area contributed by atoms with Crippen LogP contribution < -0.4 is 0 Å². The predicted molar refractivity (Wildman–Crippen MR) is 71.2 cm³/mol. The summed E-state index contributed by atoms with van der Waals surface area (Å²) in [5.74, 6) is 0.865. The van der Waals surface area contributed by atoms with Crippen LogP contribution in [0.1, 0.15) is 35.3 Å². The first-order valence-corrected chi connectivity index (χ1v) is 6.41. The lowest BCUT2D eigenvalue weighted by atomic mass is 10.0. The third-order valence-electron chi connectivity index (χ3n) is 3.74. The number of aliphatic hydroxyl groups excluding tert-OH is 1. The van der Waals surface area contributed by atoms with Crippen LogP contribution in [0.4, 0.5) is 0 Å². The van der Waals surface area contributed by atoms with Crippen molar-refractivity contribution in [3.05, 3.63) is 65.5 Å². The molecule has 2 nitrogen and oxygen atoms in total. The Kier molecular flexibility index (Phi) is 2.88. The molecule has 2 aromatic rings. The van der Waals surface area contributed by atoms with E-state index in [1.807, 2.05) is 25.1 Å². The van der Waals surface area contributed by atoms with Gasteiger partial charge in [0.15, 0.2) is 0 Å². The second kappa shape index (κ2) is 4.54. The van der Waals surface area contributed by atoms with Crippen LogP contribution in [-0.4, -0.2) is 10.1 Å². The number of benzene rings is 1. The van der Waals surface area contributed by atoms with Crippen molar-refractivity contribution in [3.63, 3.8) is 0 Å². The molecule has 92 valence electrons. The Morgan fingerprint density at radius 3 is 2.72 bits per heavy atom. The fourth-order valence-corrected chi connectivity index (χ4v) is 2.65. The summed E-state index contributed by atoms with van der Waals surface area (Å²) in [5.41, 5.74) is 3.29. The van der Waals surface area contributed by atoms with Crippen molar-refractivity contribution in [2.24, 2.45) is 5.92 Å². The number of aromatic nitrogens is 1. The lowest BCUT2D eigenvalue weighted by Gasteiger charge is -2.11. The Bertz CT molecular complexity index is 538. The Labute approximate surface area is 107 Å². The SMILES string of the molecule is Cc1cc(C(O)C2CC2c2ccccc2)ccn1. The van der Waals surface area contributed by atoms with Crippen molar-refractivity contribution in [1.82, 2.24) is 4.98 Å². The first-order chi connectivity index (χ1) is 8.75. The van der Waals surface area contributed by atoms with Gasteiger partial charge in [-0.05, 0) is 48.4 Å². The van der Waals surface area contributed by atoms with Gasteiger partial charge in [0.2, 0.25) is 0 Å². The van der Waals surface area contributed by atoms with Crippen molar-refractivity contribution < 1.29 is 5.11 Å². The minimum absolute atomic E-state index is 0.356. The highest BCUT2D eigenvalue weighted by molar-refractivity contribution is 5.29. The van der Waals surface area contributed by atoms with Crippen molar-refractivity contribution in [3.8, 4) is 0 Å². The molecule has 1 aliphatic rings. The molecule has 3 rings (SSSR count). The average molecular weight is 239 g/mol. The fourth-order valence-electron chi connectivity index (χ4n) is 2.65. The Morgan fingerprint density at radius 1 is 1.22 bits per heavy atom. The van der Waals surface area contributed by atoms with Gasteiger partial charge in [-0.15, -0.1) is 0 Å². The van der Waals surface area contributed by atoms with Crippen LogP contribution >= 0.6 is 0 Å². The van der Waals surface area contributed by atoms with Crippen molar-refractivity contribution >= 4 is 0 Å². The maximum atomic E-state index is 10.4. The van der Waals surface area contributed by atoms with Crippen molar-refractivity contribution in [2.75, 3.05) is 0 Å². The predicted octanol–water partition coefficient (Wildman–Crippen LogP) is 3.23. The highest BCUT2D eigenvalue weighted by atomic mass is 16.3. The zero-order chi connectivity index (χ0) is 12.5. The zero-order valence-corrected chi connectivity index (χ0v) is 10.5. The van der Waals surface area contributed by atoms with Gasteiger partial charge < -0.3 is 5.11 Å². The van der Waals surface area contributed by atoms with E-state index in [9.17, 15) is 5.11 Å². The maximum Gasteiger partial charge on any atom is 0.0825 e. The molecular weight excluding hydrogens is 222 g/mol. The number of nitrogens with zero attached hydrogens (tertiary/aromatic N) is 1. The Hall–Kier alpha value is -1.67. The number of rotatable bonds is 3. The summed E-state index contributed by atoms with van der Waals surface area (Å²) in [5, 5.41) is 10.4. The smallest absolute Gasteiger partial charge is 0.0825 e. The molecule has 1 aliphatic carbocycles. The molecule has 0 bridgehead atoms. The molecule has 0 radical (unpaired) electrons. The molecule has 3 unspecified atom stereocenters. The molecule has 0 spiro atoms. The summed E-state index contributed by atoms with van der Waals surface area (Å²) in [6.07, 6.45) is 2.48. The van der Waals surface area contributed by atoms with Gasteiger partial charge >= 0.3 is 0 Å². The molecule has 0 aliphatic heterocycles. The number of aryl methyl sites for hydroxylation is 1. The molecule has 1 N–H and O–H groups in total. The number of aliphatic hydroxyl groups is 1. The van der Waals surface area contributed by atoms with Gasteiger partial charge in [0.05, 0.1) is 6.10 Å². The van der Waals surface area contributed by atoms with E-state index in [1.54, 1.807) is 6.20 Å². The molecule has 1 heterocycles. The van der Waals surface area contributed by atoms with Crippen molar-refractivity contribution in [1.29, 1.82) is 0 Å². The summed E-state index contributed by atoms with van der Waals surface area (Å²) in [6.45, 7) is 1.96. The lowest BCUT2D eigenvalue weighted by molar-refractivity contribution is 0.151. The van der Waals surface area contributed by atoms with Gasteiger partial charge in [-0.25, -0.2) is 0 Å². The van der Waals surface area contributed by atoms with Crippen LogP contribution in [-0.2, 0) is 0 Å². The van der Waals surface area contributed by atoms with E-state index < -0.39 is 0 Å². The van der Waals surface area contributed by atoms with Gasteiger partial charge in [0, 0.05) is 11.9 Å². The minimum atomic E-state index is -0.364. The van der Waals surface area contributed by atoms with Crippen LogP contribution in [0.5, 0.6) is 0 Å². The molecule has 1 aromatic heterocycles. The van der Waals surface area contributed by atoms with E-state index in [0.717, 1.165) is 17.7 Å². The van der Waals surface area contributed by atoms with Crippen LogP contribution in [0.2, 0.25) is 0 Å². The number of hydrogen-bond acceptors (Lipinski definition) is 2. The second-order valence-corrected chi connectivity index (χ2v) is 5.09. The highest BCUT2D eigenvalue weighted by Crippen LogP contribution is 2.53. The minimum Gasteiger partial charge on any atom is -0.388 e. The second-order valence-electron chi connectivity index (χ2n) is 5.09. The number of pyridine rings is 1. The molecule has 1 aromatic carbocycles. The van der Waals surface area contributed by atoms with Crippen LogP contribution in [0.25, 0.3) is 0 Å². The molecule has 3 atom stereocenters. The third-order valence-corrected chi connectivity index (χ3v) is 3.74. The summed E-state index contributed by atoms with van der Waals surface area (Å²) >= 11 is 0. The Morgan fingerprint density at radius 2 is 2.00 bits per heavy atom. The van der Waals surface area contributed by atoms with Gasteiger partial charge in [-0.3, -0.25) is 4.98 Å². The van der Waals surface area contributed by atoms with Gasteiger partial charge in [0.1, 0.15) is 0 Å². The van der Waals surface area contributed by atoms with Crippen molar-refractivity contribution in [2.45, 2.75) is 25.4 Å². The highest BCUT2D eigenvalue weighted by Gasteiger charge is 2.43. The molecule has 1 saturated carbocycles. The van der Waals surface area contributed by atoms with E-state index in [0.29, 0.717) is 11.8 Å².